The first-order valence-corrected chi connectivity index (χ1v) is 4.59. The molecule has 0 aliphatic rings. The number of rotatable bonds is 3. The number of benzene rings is 1. The fraction of sp³-hybridized carbons (Fsp3) is 0.333. The maximum Gasteiger partial charge on any atom is 0.119 e. The molecular weight excluding hydrogens is 160 g/mol. The van der Waals surface area contributed by atoms with Crippen molar-refractivity contribution >= 4 is 5.57 Å². The first kappa shape index (κ1) is 9.85. The highest BCUT2D eigenvalue weighted by molar-refractivity contribution is 5.64. The van der Waals surface area contributed by atoms with Crippen LogP contribution in [0.15, 0.2) is 30.3 Å². The van der Waals surface area contributed by atoms with Crippen LogP contribution in [0.2, 0.25) is 0 Å². The molecule has 13 heavy (non-hydrogen) atoms. The zero-order chi connectivity index (χ0) is 9.68. The third-order valence-electron chi connectivity index (χ3n) is 2.04. The zero-order valence-corrected chi connectivity index (χ0v) is 8.50. The molecular formula is C12H16O. The van der Waals surface area contributed by atoms with Crippen molar-refractivity contribution in [3.63, 3.8) is 0 Å². The lowest BCUT2D eigenvalue weighted by Gasteiger charge is -2.04. The molecule has 0 saturated heterocycles. The van der Waals surface area contributed by atoms with Gasteiger partial charge < -0.3 is 4.74 Å². The summed E-state index contributed by atoms with van der Waals surface area (Å²) < 4.78 is 5.16. The van der Waals surface area contributed by atoms with Gasteiger partial charge in [0.15, 0.2) is 0 Å². The smallest absolute Gasteiger partial charge is 0.119 e. The summed E-state index contributed by atoms with van der Waals surface area (Å²) in [6, 6.07) is 8.13. The predicted molar refractivity (Wildman–Crippen MR) is 56.9 cm³/mol. The van der Waals surface area contributed by atoms with E-state index >= 15 is 0 Å². The van der Waals surface area contributed by atoms with E-state index in [1.54, 1.807) is 7.11 Å². The lowest BCUT2D eigenvalue weighted by Crippen LogP contribution is -1.84. The molecule has 0 amide bonds. The number of hydrogen-bond acceptors (Lipinski definition) is 1. The molecule has 0 fully saturated rings. The van der Waals surface area contributed by atoms with E-state index in [-0.39, 0.29) is 0 Å². The van der Waals surface area contributed by atoms with Crippen molar-refractivity contribution in [3.8, 4) is 5.75 Å². The van der Waals surface area contributed by atoms with Gasteiger partial charge in [0.2, 0.25) is 0 Å². The van der Waals surface area contributed by atoms with E-state index in [4.69, 9.17) is 4.74 Å². The predicted octanol–water partition coefficient (Wildman–Crippen LogP) is 3.51. The van der Waals surface area contributed by atoms with E-state index in [1.165, 1.54) is 11.1 Å². The van der Waals surface area contributed by atoms with E-state index in [0.717, 1.165) is 12.2 Å². The molecule has 0 aromatic heterocycles. The van der Waals surface area contributed by atoms with Crippen molar-refractivity contribution in [1.29, 1.82) is 0 Å². The summed E-state index contributed by atoms with van der Waals surface area (Å²) in [6.07, 6.45) is 3.29. The Labute approximate surface area is 80.0 Å². The summed E-state index contributed by atoms with van der Waals surface area (Å²) >= 11 is 0. The molecule has 0 saturated carbocycles. The van der Waals surface area contributed by atoms with E-state index in [2.05, 4.69) is 32.1 Å². The Morgan fingerprint density at radius 1 is 1.46 bits per heavy atom. The van der Waals surface area contributed by atoms with Crippen molar-refractivity contribution in [2.45, 2.75) is 20.3 Å². The molecule has 0 bridgehead atoms. The molecule has 1 nitrogen and oxygen atoms in total. The van der Waals surface area contributed by atoms with Gasteiger partial charge in [0, 0.05) is 0 Å². The van der Waals surface area contributed by atoms with Crippen molar-refractivity contribution in [3.05, 3.63) is 35.9 Å². The second-order valence-corrected chi connectivity index (χ2v) is 3.03. The van der Waals surface area contributed by atoms with Crippen LogP contribution in [-0.2, 0) is 0 Å². The Bertz CT molecular complexity index is 300. The van der Waals surface area contributed by atoms with Gasteiger partial charge in [-0.1, -0.05) is 25.1 Å². The second-order valence-electron chi connectivity index (χ2n) is 3.03. The molecule has 0 aliphatic heterocycles. The van der Waals surface area contributed by atoms with Gasteiger partial charge in [-0.3, -0.25) is 0 Å². The van der Waals surface area contributed by atoms with Gasteiger partial charge in [0.1, 0.15) is 5.75 Å². The maximum atomic E-state index is 5.16. The molecule has 1 rings (SSSR count). The highest BCUT2D eigenvalue weighted by atomic mass is 16.5. The van der Waals surface area contributed by atoms with Crippen molar-refractivity contribution in [2.24, 2.45) is 0 Å². The molecule has 1 heteroatoms. The Kier molecular flexibility index (Phi) is 3.56. The molecule has 0 heterocycles. The number of methoxy groups -OCH3 is 1. The van der Waals surface area contributed by atoms with E-state index in [0.29, 0.717) is 0 Å². The summed E-state index contributed by atoms with van der Waals surface area (Å²) in [5.41, 5.74) is 2.54. The SMILES string of the molecule is CC/C=C(/C)c1cccc(OC)c1. The number of hydrogen-bond donors (Lipinski definition) is 0. The Morgan fingerprint density at radius 3 is 2.85 bits per heavy atom. The Hall–Kier alpha value is -1.24. The maximum absolute atomic E-state index is 5.16. The average molecular weight is 176 g/mol. The quantitative estimate of drug-likeness (QED) is 0.684. The van der Waals surface area contributed by atoms with E-state index in [1.807, 2.05) is 12.1 Å². The fourth-order valence-corrected chi connectivity index (χ4v) is 1.29. The summed E-state index contributed by atoms with van der Waals surface area (Å²) in [4.78, 5) is 0. The normalized spacial score (nSPS) is 11.5. The van der Waals surface area contributed by atoms with Crippen LogP contribution in [0.3, 0.4) is 0 Å². The van der Waals surface area contributed by atoms with Gasteiger partial charge in [-0.2, -0.15) is 0 Å². The third kappa shape index (κ3) is 2.62. The summed E-state index contributed by atoms with van der Waals surface area (Å²) in [5.74, 6) is 0.918. The van der Waals surface area contributed by atoms with E-state index in [9.17, 15) is 0 Å². The zero-order valence-electron chi connectivity index (χ0n) is 8.50. The van der Waals surface area contributed by atoms with Crippen LogP contribution in [0.25, 0.3) is 5.57 Å². The summed E-state index contributed by atoms with van der Waals surface area (Å²) in [7, 11) is 1.69. The van der Waals surface area contributed by atoms with E-state index < -0.39 is 0 Å². The van der Waals surface area contributed by atoms with Crippen molar-refractivity contribution < 1.29 is 4.74 Å². The van der Waals surface area contributed by atoms with Gasteiger partial charge in [0.25, 0.3) is 0 Å². The minimum Gasteiger partial charge on any atom is -0.497 e. The highest BCUT2D eigenvalue weighted by Gasteiger charge is 1.96. The topological polar surface area (TPSA) is 9.23 Å². The Morgan fingerprint density at radius 2 is 2.23 bits per heavy atom. The monoisotopic (exact) mass is 176 g/mol. The highest BCUT2D eigenvalue weighted by Crippen LogP contribution is 2.19. The van der Waals surface area contributed by atoms with Crippen LogP contribution in [0.5, 0.6) is 5.75 Å². The van der Waals surface area contributed by atoms with Gasteiger partial charge in [-0.25, -0.2) is 0 Å². The minimum atomic E-state index is 0.918. The molecule has 0 unspecified atom stereocenters. The molecule has 0 spiro atoms. The van der Waals surface area contributed by atoms with Crippen molar-refractivity contribution in [2.75, 3.05) is 7.11 Å². The summed E-state index contributed by atoms with van der Waals surface area (Å²) in [5, 5.41) is 0. The first-order chi connectivity index (χ1) is 6.27. The largest absolute Gasteiger partial charge is 0.497 e. The molecule has 0 radical (unpaired) electrons. The number of ether oxygens (including phenoxy) is 1. The van der Waals surface area contributed by atoms with Gasteiger partial charge in [-0.05, 0) is 36.6 Å². The lowest BCUT2D eigenvalue weighted by atomic mass is 10.1. The van der Waals surface area contributed by atoms with Crippen LogP contribution in [0, 0.1) is 0 Å². The summed E-state index contributed by atoms with van der Waals surface area (Å²) in [6.45, 7) is 4.27. The van der Waals surface area contributed by atoms with Crippen LogP contribution in [0.4, 0.5) is 0 Å². The minimum absolute atomic E-state index is 0.918. The van der Waals surface area contributed by atoms with Crippen molar-refractivity contribution in [1.82, 2.24) is 0 Å². The van der Waals surface area contributed by atoms with Gasteiger partial charge in [-0.15, -0.1) is 0 Å². The Balaban J connectivity index is 2.94. The number of allylic oxidation sites excluding steroid dienone is 2. The lowest BCUT2D eigenvalue weighted by molar-refractivity contribution is 0.414. The fourth-order valence-electron chi connectivity index (χ4n) is 1.29. The standard InChI is InChI=1S/C12H16O/c1-4-6-10(2)11-7-5-8-12(9-11)13-3/h5-9H,4H2,1-3H3/b10-6-. The van der Waals surface area contributed by atoms with Crippen LogP contribution >= 0.6 is 0 Å². The molecule has 1 aromatic rings. The first-order valence-electron chi connectivity index (χ1n) is 4.59. The van der Waals surface area contributed by atoms with Crippen LogP contribution in [0.1, 0.15) is 25.8 Å². The molecule has 70 valence electrons. The van der Waals surface area contributed by atoms with Crippen LogP contribution in [-0.4, -0.2) is 7.11 Å². The molecule has 0 N–H and O–H groups in total. The average Bonchev–Trinajstić information content (AvgIpc) is 2.18. The van der Waals surface area contributed by atoms with Crippen LogP contribution < -0.4 is 4.74 Å². The molecule has 0 aliphatic carbocycles. The molecule has 0 atom stereocenters. The van der Waals surface area contributed by atoms with Gasteiger partial charge >= 0.3 is 0 Å². The molecule has 1 aromatic carbocycles. The third-order valence-corrected chi connectivity index (χ3v) is 2.04. The van der Waals surface area contributed by atoms with Gasteiger partial charge in [0.05, 0.1) is 7.11 Å². The second kappa shape index (κ2) is 4.70.